The average Bonchev–Trinajstić information content (AvgIpc) is 2.60. The molecule has 0 amide bonds. The Morgan fingerprint density at radius 3 is 2.16 bits per heavy atom. The Balaban J connectivity index is 2.10. The van der Waals surface area contributed by atoms with Gasteiger partial charge in [0.05, 0.1) is 11.9 Å². The lowest BCUT2D eigenvalue weighted by molar-refractivity contribution is -0.138. The van der Waals surface area contributed by atoms with Gasteiger partial charge in [-0.05, 0) is 17.5 Å². The Bertz CT molecular complexity index is 778. The maximum Gasteiger partial charge on any atom is 0.322 e. The molecular formula is C18H21NO5S. The summed E-state index contributed by atoms with van der Waals surface area (Å²) in [6, 6.07) is 16.6. The van der Waals surface area contributed by atoms with Crippen LogP contribution in [0.15, 0.2) is 60.7 Å². The van der Waals surface area contributed by atoms with Crippen molar-refractivity contribution in [3.8, 4) is 0 Å². The van der Waals surface area contributed by atoms with E-state index in [9.17, 15) is 18.3 Å². The lowest BCUT2D eigenvalue weighted by atomic mass is 10.1. The summed E-state index contributed by atoms with van der Waals surface area (Å²) in [5.41, 5.74) is 1.45. The molecule has 25 heavy (non-hydrogen) atoms. The van der Waals surface area contributed by atoms with Crippen LogP contribution in [-0.4, -0.2) is 38.4 Å². The summed E-state index contributed by atoms with van der Waals surface area (Å²) < 4.78 is 32.4. The first-order valence-corrected chi connectivity index (χ1v) is 9.41. The predicted octanol–water partition coefficient (Wildman–Crippen LogP) is 1.99. The largest absolute Gasteiger partial charge is 0.480 e. The van der Waals surface area contributed by atoms with Gasteiger partial charge >= 0.3 is 5.97 Å². The van der Waals surface area contributed by atoms with E-state index in [1.54, 1.807) is 48.5 Å². The molecule has 6 nitrogen and oxygen atoms in total. The van der Waals surface area contributed by atoms with Crippen LogP contribution in [0.2, 0.25) is 0 Å². The van der Waals surface area contributed by atoms with Gasteiger partial charge in [0.2, 0.25) is 10.0 Å². The van der Waals surface area contributed by atoms with Crippen molar-refractivity contribution in [1.29, 1.82) is 0 Å². The zero-order valence-electron chi connectivity index (χ0n) is 13.8. The molecule has 0 aliphatic carbocycles. The number of carboxylic acid groups (broad SMARTS) is 1. The lowest BCUT2D eigenvalue weighted by Crippen LogP contribution is -2.44. The first-order valence-electron chi connectivity index (χ1n) is 7.76. The molecule has 0 radical (unpaired) electrons. The van der Waals surface area contributed by atoms with E-state index < -0.39 is 28.1 Å². The summed E-state index contributed by atoms with van der Waals surface area (Å²) in [6.07, 6.45) is -0.608. The number of nitrogens with one attached hydrogen (secondary N) is 1. The minimum atomic E-state index is -3.86. The molecular weight excluding hydrogens is 342 g/mol. The second-order valence-corrected chi connectivity index (χ2v) is 7.41. The molecule has 1 unspecified atom stereocenters. The summed E-state index contributed by atoms with van der Waals surface area (Å²) >= 11 is 0. The molecule has 2 atom stereocenters. The summed E-state index contributed by atoms with van der Waals surface area (Å²) in [5.74, 6) is -1.58. The summed E-state index contributed by atoms with van der Waals surface area (Å²) in [5, 5.41) is 9.35. The van der Waals surface area contributed by atoms with E-state index in [0.717, 1.165) is 5.56 Å². The lowest BCUT2D eigenvalue weighted by Gasteiger charge is -2.19. The highest BCUT2D eigenvalue weighted by molar-refractivity contribution is 7.89. The molecule has 0 aliphatic heterocycles. The molecule has 0 heterocycles. The van der Waals surface area contributed by atoms with Crippen molar-refractivity contribution < 1.29 is 23.1 Å². The number of carbonyl (C=O) groups is 1. The second-order valence-electron chi connectivity index (χ2n) is 5.61. The Hall–Kier alpha value is -2.22. The topological polar surface area (TPSA) is 92.7 Å². The smallest absolute Gasteiger partial charge is 0.322 e. The third-order valence-electron chi connectivity index (χ3n) is 3.73. The van der Waals surface area contributed by atoms with Gasteiger partial charge in [-0.15, -0.1) is 0 Å². The molecule has 0 saturated carbocycles. The van der Waals surface area contributed by atoms with Crippen LogP contribution in [0.3, 0.4) is 0 Å². The average molecular weight is 363 g/mol. The molecule has 2 N–H and O–H groups in total. The third-order valence-corrected chi connectivity index (χ3v) is 5.11. The first-order chi connectivity index (χ1) is 11.9. The van der Waals surface area contributed by atoms with Crippen molar-refractivity contribution >= 4 is 16.0 Å². The predicted molar refractivity (Wildman–Crippen MR) is 94.7 cm³/mol. The van der Waals surface area contributed by atoms with Gasteiger partial charge in [0, 0.05) is 7.11 Å². The number of carboxylic acids is 1. The Kier molecular flexibility index (Phi) is 6.69. The van der Waals surface area contributed by atoms with Crippen LogP contribution in [0.1, 0.15) is 17.2 Å². The highest BCUT2D eigenvalue weighted by Gasteiger charge is 2.27. The summed E-state index contributed by atoms with van der Waals surface area (Å²) in [7, 11) is -2.44. The number of sulfonamides is 1. The van der Waals surface area contributed by atoms with Crippen molar-refractivity contribution in [2.75, 3.05) is 12.9 Å². The van der Waals surface area contributed by atoms with Crippen LogP contribution < -0.4 is 4.72 Å². The zero-order chi connectivity index (χ0) is 18.3. The fourth-order valence-corrected chi connectivity index (χ4v) is 3.90. The minimum absolute atomic E-state index is 0.0678. The normalized spacial score (nSPS) is 14.0. The Labute approximate surface area is 147 Å². The number of ether oxygens (including phenoxy) is 1. The van der Waals surface area contributed by atoms with E-state index in [1.807, 2.05) is 12.1 Å². The van der Waals surface area contributed by atoms with E-state index in [1.165, 1.54) is 7.11 Å². The van der Waals surface area contributed by atoms with Crippen molar-refractivity contribution in [3.05, 3.63) is 71.8 Å². The maximum absolute atomic E-state index is 12.4. The van der Waals surface area contributed by atoms with Gasteiger partial charge < -0.3 is 9.84 Å². The van der Waals surface area contributed by atoms with Gasteiger partial charge in [0.1, 0.15) is 6.04 Å². The van der Waals surface area contributed by atoms with Crippen molar-refractivity contribution in [2.45, 2.75) is 18.6 Å². The SMILES string of the molecule is COC(CS(=O)(=O)N[C@@H](Cc1ccccc1)C(=O)O)c1ccccc1. The van der Waals surface area contributed by atoms with Crippen LogP contribution in [0.4, 0.5) is 0 Å². The van der Waals surface area contributed by atoms with E-state index in [0.29, 0.717) is 5.56 Å². The van der Waals surface area contributed by atoms with Crippen molar-refractivity contribution in [2.24, 2.45) is 0 Å². The fraction of sp³-hybridized carbons (Fsp3) is 0.278. The minimum Gasteiger partial charge on any atom is -0.480 e. The van der Waals surface area contributed by atoms with Crippen LogP contribution in [0, 0.1) is 0 Å². The molecule has 0 aliphatic rings. The molecule has 134 valence electrons. The monoisotopic (exact) mass is 363 g/mol. The number of hydrogen-bond acceptors (Lipinski definition) is 4. The number of hydrogen-bond donors (Lipinski definition) is 2. The van der Waals surface area contributed by atoms with E-state index >= 15 is 0 Å². The van der Waals surface area contributed by atoms with Gasteiger partial charge in [-0.1, -0.05) is 60.7 Å². The number of benzene rings is 2. The van der Waals surface area contributed by atoms with Crippen molar-refractivity contribution in [1.82, 2.24) is 4.72 Å². The number of aliphatic carboxylic acids is 1. The van der Waals surface area contributed by atoms with Crippen LogP contribution in [0.25, 0.3) is 0 Å². The molecule has 0 saturated heterocycles. The van der Waals surface area contributed by atoms with Gasteiger partial charge in [-0.2, -0.15) is 0 Å². The van der Waals surface area contributed by atoms with E-state index in [2.05, 4.69) is 4.72 Å². The highest BCUT2D eigenvalue weighted by atomic mass is 32.2. The summed E-state index contributed by atoms with van der Waals surface area (Å²) in [4.78, 5) is 11.4. The van der Waals surface area contributed by atoms with Crippen LogP contribution in [-0.2, 0) is 26.0 Å². The van der Waals surface area contributed by atoms with Gasteiger partial charge in [-0.3, -0.25) is 4.79 Å². The molecule has 2 aromatic rings. The standard InChI is InChI=1S/C18H21NO5S/c1-24-17(15-10-6-3-7-11-15)13-25(22,23)19-16(18(20)21)12-14-8-4-2-5-9-14/h2-11,16-17,19H,12-13H2,1H3,(H,20,21)/t16-,17?/m0/s1. The highest BCUT2D eigenvalue weighted by Crippen LogP contribution is 2.18. The van der Waals surface area contributed by atoms with Gasteiger partial charge in [0.25, 0.3) is 0 Å². The van der Waals surface area contributed by atoms with Crippen LogP contribution in [0.5, 0.6) is 0 Å². The molecule has 2 rings (SSSR count). The van der Waals surface area contributed by atoms with Crippen LogP contribution >= 0.6 is 0 Å². The van der Waals surface area contributed by atoms with Gasteiger partial charge in [-0.25, -0.2) is 13.1 Å². The summed E-state index contributed by atoms with van der Waals surface area (Å²) in [6.45, 7) is 0. The third kappa shape index (κ3) is 5.97. The van der Waals surface area contributed by atoms with E-state index in [4.69, 9.17) is 4.74 Å². The quantitative estimate of drug-likeness (QED) is 0.711. The Morgan fingerprint density at radius 1 is 1.08 bits per heavy atom. The molecule has 7 heteroatoms. The molecule has 0 spiro atoms. The Morgan fingerprint density at radius 2 is 1.64 bits per heavy atom. The molecule has 2 aromatic carbocycles. The maximum atomic E-state index is 12.4. The van der Waals surface area contributed by atoms with E-state index in [-0.39, 0.29) is 12.2 Å². The molecule has 0 bridgehead atoms. The number of rotatable bonds is 9. The number of methoxy groups -OCH3 is 1. The molecule has 0 aromatic heterocycles. The zero-order valence-corrected chi connectivity index (χ0v) is 14.6. The van der Waals surface area contributed by atoms with Gasteiger partial charge in [0.15, 0.2) is 0 Å². The first kappa shape index (κ1) is 19.1. The second kappa shape index (κ2) is 8.75. The fourth-order valence-electron chi connectivity index (χ4n) is 2.46. The molecule has 0 fully saturated rings. The van der Waals surface area contributed by atoms with Crippen molar-refractivity contribution in [3.63, 3.8) is 0 Å².